The number of likely N-dealkylation sites (tertiary alicyclic amines) is 1. The first kappa shape index (κ1) is 25.3. The van der Waals surface area contributed by atoms with Crippen LogP contribution in [-0.2, 0) is 29.0 Å². The van der Waals surface area contributed by atoms with E-state index in [9.17, 15) is 14.4 Å². The molecule has 3 N–H and O–H groups in total. The molecule has 11 heteroatoms. The number of nitrogens with zero attached hydrogens (tertiary/aromatic N) is 4. The summed E-state index contributed by atoms with van der Waals surface area (Å²) < 4.78 is 0. The molecule has 0 saturated carbocycles. The first-order valence-corrected chi connectivity index (χ1v) is 11.9. The highest BCUT2D eigenvalue weighted by molar-refractivity contribution is 7.15. The van der Waals surface area contributed by atoms with Crippen LogP contribution in [-0.4, -0.2) is 70.8 Å². The number of anilines is 1. The molecular formula is C23H30N6O4S. The van der Waals surface area contributed by atoms with Gasteiger partial charge in [-0.15, -0.1) is 11.3 Å². The quantitative estimate of drug-likeness (QED) is 0.369. The molecule has 1 aliphatic heterocycles. The number of likely N-dealkylation sites (N-methyl/N-ethyl adjacent to an activating group) is 1. The van der Waals surface area contributed by atoms with Gasteiger partial charge in [0.1, 0.15) is 0 Å². The van der Waals surface area contributed by atoms with E-state index in [1.807, 2.05) is 24.3 Å². The van der Waals surface area contributed by atoms with Crippen LogP contribution < -0.4 is 10.6 Å². The number of aliphatic imine (C=N–C) groups is 1. The van der Waals surface area contributed by atoms with E-state index in [0.717, 1.165) is 48.3 Å². The molecule has 3 amide bonds. The van der Waals surface area contributed by atoms with E-state index in [2.05, 4.69) is 25.5 Å². The Bertz CT molecular complexity index is 1050. The molecule has 1 atom stereocenters. The average molecular weight is 487 g/mol. The molecule has 0 bridgehead atoms. The van der Waals surface area contributed by atoms with Crippen LogP contribution in [0.1, 0.15) is 35.9 Å². The number of hydrogen-bond acceptors (Lipinski definition) is 7. The molecule has 0 aliphatic carbocycles. The number of carboxylic acid groups (broad SMARTS) is 1. The van der Waals surface area contributed by atoms with Gasteiger partial charge >= 0.3 is 6.09 Å². The number of aromatic nitrogens is 1. The molecule has 1 saturated heterocycles. The highest BCUT2D eigenvalue weighted by Gasteiger charge is 2.32. The Morgan fingerprint density at radius 1 is 1.26 bits per heavy atom. The van der Waals surface area contributed by atoms with Crippen molar-refractivity contribution in [1.82, 2.24) is 20.1 Å². The number of aryl methyl sites for hydroxylation is 2. The van der Waals surface area contributed by atoms with E-state index in [4.69, 9.17) is 5.11 Å². The molecule has 2 aromatic rings. The van der Waals surface area contributed by atoms with Crippen LogP contribution in [0, 0.1) is 0 Å². The van der Waals surface area contributed by atoms with E-state index in [-0.39, 0.29) is 17.9 Å². The van der Waals surface area contributed by atoms with E-state index in [1.54, 1.807) is 19.0 Å². The van der Waals surface area contributed by atoms with Crippen LogP contribution in [0.3, 0.4) is 0 Å². The fourth-order valence-corrected chi connectivity index (χ4v) is 4.94. The first-order valence-electron chi connectivity index (χ1n) is 11.0. The van der Waals surface area contributed by atoms with E-state index < -0.39 is 6.09 Å². The van der Waals surface area contributed by atoms with Gasteiger partial charge in [0.25, 0.3) is 0 Å². The molecule has 2 heterocycles. The number of carbonyl (C=O) groups is 3. The third-order valence-corrected chi connectivity index (χ3v) is 6.48. The molecule has 182 valence electrons. The van der Waals surface area contributed by atoms with Crippen LogP contribution in [0.2, 0.25) is 0 Å². The normalized spacial score (nSPS) is 16.0. The number of amides is 3. The molecule has 0 radical (unpaired) electrons. The van der Waals surface area contributed by atoms with Crippen molar-refractivity contribution in [2.45, 2.75) is 45.2 Å². The lowest BCUT2D eigenvalue weighted by Gasteiger charge is -2.25. The summed E-state index contributed by atoms with van der Waals surface area (Å²) in [5.41, 5.74) is 2.65. The zero-order valence-electron chi connectivity index (χ0n) is 19.6. The van der Waals surface area contributed by atoms with Gasteiger partial charge in [-0.1, -0.05) is 12.1 Å². The molecular weight excluding hydrogens is 456 g/mol. The fraction of sp³-hybridized carbons (Fsp3) is 0.435. The third kappa shape index (κ3) is 7.09. The van der Waals surface area contributed by atoms with Crippen LogP contribution in [0.15, 0.2) is 29.3 Å². The van der Waals surface area contributed by atoms with Gasteiger partial charge in [-0.3, -0.25) is 19.8 Å². The van der Waals surface area contributed by atoms with Crippen molar-refractivity contribution in [3.63, 3.8) is 0 Å². The molecule has 34 heavy (non-hydrogen) atoms. The van der Waals surface area contributed by atoms with Crippen LogP contribution in [0.5, 0.6) is 0 Å². The summed E-state index contributed by atoms with van der Waals surface area (Å²) in [6, 6.07) is 7.41. The summed E-state index contributed by atoms with van der Waals surface area (Å²) >= 11 is 1.46. The van der Waals surface area contributed by atoms with Crippen LogP contribution in [0.25, 0.3) is 0 Å². The maximum Gasteiger partial charge on any atom is 0.409 e. The molecule has 10 nitrogen and oxygen atoms in total. The molecule has 0 unspecified atom stereocenters. The van der Waals surface area contributed by atoms with Crippen molar-refractivity contribution < 1.29 is 19.5 Å². The summed E-state index contributed by atoms with van der Waals surface area (Å²) in [5.74, 6) is -0.0471. The number of nitrogens with one attached hydrogen (secondary N) is 2. The zero-order chi connectivity index (χ0) is 24.7. The Morgan fingerprint density at radius 2 is 2.00 bits per heavy atom. The van der Waals surface area contributed by atoms with Crippen molar-refractivity contribution in [3.8, 4) is 0 Å². The Hall–Kier alpha value is -3.31. The largest absolute Gasteiger partial charge is 0.465 e. The van der Waals surface area contributed by atoms with Gasteiger partial charge in [-0.25, -0.2) is 14.8 Å². The van der Waals surface area contributed by atoms with Crippen molar-refractivity contribution in [3.05, 3.63) is 40.4 Å². The zero-order valence-corrected chi connectivity index (χ0v) is 20.4. The van der Waals surface area contributed by atoms with Crippen molar-refractivity contribution in [1.29, 1.82) is 0 Å². The number of benzene rings is 1. The van der Waals surface area contributed by atoms with E-state index in [1.165, 1.54) is 18.3 Å². The third-order valence-electron chi connectivity index (χ3n) is 5.49. The fourth-order valence-electron chi connectivity index (χ4n) is 3.86. The van der Waals surface area contributed by atoms with Gasteiger partial charge < -0.3 is 15.3 Å². The van der Waals surface area contributed by atoms with E-state index in [0.29, 0.717) is 23.8 Å². The van der Waals surface area contributed by atoms with Gasteiger partial charge in [0, 0.05) is 32.4 Å². The maximum atomic E-state index is 12.6. The van der Waals surface area contributed by atoms with Gasteiger partial charge in [0.05, 0.1) is 23.8 Å². The van der Waals surface area contributed by atoms with E-state index >= 15 is 0 Å². The summed E-state index contributed by atoms with van der Waals surface area (Å²) in [6.45, 7) is 2.94. The first-order chi connectivity index (χ1) is 16.2. The number of hydrogen-bond donors (Lipinski definition) is 3. The monoisotopic (exact) mass is 486 g/mol. The Labute approximate surface area is 202 Å². The van der Waals surface area contributed by atoms with Gasteiger partial charge in [-0.2, -0.15) is 0 Å². The summed E-state index contributed by atoms with van der Waals surface area (Å²) in [5, 5.41) is 14.0. The Kier molecular flexibility index (Phi) is 8.72. The highest BCUT2D eigenvalue weighted by atomic mass is 32.1. The minimum absolute atomic E-state index is 0.118. The molecule has 1 aromatic heterocycles. The predicted molar refractivity (Wildman–Crippen MR) is 132 cm³/mol. The average Bonchev–Trinajstić information content (AvgIpc) is 3.38. The minimum atomic E-state index is -1.16. The second-order valence-corrected chi connectivity index (χ2v) is 9.39. The highest BCUT2D eigenvalue weighted by Crippen LogP contribution is 2.29. The topological polar surface area (TPSA) is 127 Å². The second kappa shape index (κ2) is 11.7. The van der Waals surface area contributed by atoms with Crippen molar-refractivity contribution >= 4 is 46.4 Å². The second-order valence-electron chi connectivity index (χ2n) is 8.31. The standard InChI is InChI=1S/C23H30N6O4S/c1-15(30)26-22-27-18(11-8-16-6-9-17(10-7-16)24-14-25-23(32)33)20(34-22)13-29-12-4-5-19(29)21(31)28(2)3/h6-7,9-10,14,19H,4-5,8,11-13H2,1-3H3,(H,24,25)(H,32,33)(H,26,27,30)/t19-/m0/s1. The van der Waals surface area contributed by atoms with Crippen LogP contribution in [0.4, 0.5) is 15.6 Å². The lowest BCUT2D eigenvalue weighted by molar-refractivity contribution is -0.133. The number of carbonyl (C=O) groups excluding carboxylic acids is 2. The Balaban J connectivity index is 1.70. The molecule has 1 aliphatic rings. The predicted octanol–water partition coefficient (Wildman–Crippen LogP) is 2.87. The summed E-state index contributed by atoms with van der Waals surface area (Å²) in [6.07, 6.45) is 3.23. The molecule has 3 rings (SSSR count). The molecule has 0 spiro atoms. The molecule has 1 aromatic carbocycles. The maximum absolute atomic E-state index is 12.6. The van der Waals surface area contributed by atoms with Crippen molar-refractivity contribution in [2.24, 2.45) is 4.99 Å². The minimum Gasteiger partial charge on any atom is -0.465 e. The van der Waals surface area contributed by atoms with Gasteiger partial charge in [0.15, 0.2) is 5.13 Å². The van der Waals surface area contributed by atoms with Crippen molar-refractivity contribution in [2.75, 3.05) is 26.0 Å². The van der Waals surface area contributed by atoms with Crippen LogP contribution >= 0.6 is 11.3 Å². The Morgan fingerprint density at radius 3 is 2.65 bits per heavy atom. The number of thiazole rings is 1. The lowest BCUT2D eigenvalue weighted by Crippen LogP contribution is -2.42. The lowest BCUT2D eigenvalue weighted by atomic mass is 10.1. The molecule has 1 fully saturated rings. The number of rotatable bonds is 9. The van der Waals surface area contributed by atoms with Gasteiger partial charge in [-0.05, 0) is 49.9 Å². The smallest absolute Gasteiger partial charge is 0.409 e. The SMILES string of the molecule is CC(=O)Nc1nc(CCc2ccc(N=CNC(=O)O)cc2)c(CN2CCC[C@H]2C(=O)N(C)C)s1. The summed E-state index contributed by atoms with van der Waals surface area (Å²) in [4.78, 5) is 48.3. The van der Waals surface area contributed by atoms with Gasteiger partial charge in [0.2, 0.25) is 11.8 Å². The summed E-state index contributed by atoms with van der Waals surface area (Å²) in [7, 11) is 3.57.